The first kappa shape index (κ1) is 23.4. The average Bonchev–Trinajstić information content (AvgIpc) is 2.78. The normalized spacial score (nSPS) is 11.0. The van der Waals surface area contributed by atoms with E-state index in [0.29, 0.717) is 18.0 Å². The number of nitrogens with zero attached hydrogens (tertiary/aromatic N) is 2. The molecule has 0 fully saturated rings. The Labute approximate surface area is 195 Å². The number of carbonyl (C=O) groups excluding carboxylic acids is 1. The summed E-state index contributed by atoms with van der Waals surface area (Å²) in [6, 6.07) is 26.2. The van der Waals surface area contributed by atoms with E-state index >= 15 is 0 Å². The predicted molar refractivity (Wildman–Crippen MR) is 133 cm³/mol. The lowest BCUT2D eigenvalue weighted by Gasteiger charge is -2.26. The number of halogens is 1. The van der Waals surface area contributed by atoms with Crippen LogP contribution in [0.1, 0.15) is 17.5 Å². The number of rotatable bonds is 10. The molecule has 3 aromatic rings. The molecule has 0 aliphatic heterocycles. The van der Waals surface area contributed by atoms with Gasteiger partial charge in [-0.3, -0.25) is 4.79 Å². The molecule has 0 heterocycles. The van der Waals surface area contributed by atoms with Crippen LogP contribution >= 0.6 is 23.4 Å². The molecule has 3 rings (SSSR count). The second-order valence-electron chi connectivity index (χ2n) is 7.75. The van der Waals surface area contributed by atoms with Gasteiger partial charge in [0.2, 0.25) is 5.91 Å². The first-order chi connectivity index (χ1) is 15.0. The Kier molecular flexibility index (Phi) is 9.01. The van der Waals surface area contributed by atoms with Gasteiger partial charge in [0.15, 0.2) is 0 Å². The van der Waals surface area contributed by atoms with E-state index in [1.807, 2.05) is 47.4 Å². The highest BCUT2D eigenvalue weighted by atomic mass is 35.5. The molecule has 3 nitrogen and oxygen atoms in total. The van der Waals surface area contributed by atoms with Crippen LogP contribution in [-0.4, -0.2) is 38.0 Å². The Morgan fingerprint density at radius 2 is 1.52 bits per heavy atom. The fourth-order valence-corrected chi connectivity index (χ4v) is 4.48. The van der Waals surface area contributed by atoms with Crippen molar-refractivity contribution in [3.8, 4) is 0 Å². The van der Waals surface area contributed by atoms with Gasteiger partial charge in [0, 0.05) is 22.2 Å². The number of anilines is 1. The maximum atomic E-state index is 13.4. The van der Waals surface area contributed by atoms with E-state index in [0.717, 1.165) is 34.9 Å². The van der Waals surface area contributed by atoms with E-state index in [2.05, 4.69) is 55.4 Å². The predicted octanol–water partition coefficient (Wildman–Crippen LogP) is 6.16. The van der Waals surface area contributed by atoms with Crippen molar-refractivity contribution in [1.29, 1.82) is 0 Å². The monoisotopic (exact) mass is 452 g/mol. The van der Waals surface area contributed by atoms with Crippen LogP contribution in [0.3, 0.4) is 0 Å². The summed E-state index contributed by atoms with van der Waals surface area (Å²) in [5.41, 5.74) is 3.23. The number of amides is 1. The summed E-state index contributed by atoms with van der Waals surface area (Å²) < 4.78 is 0. The highest BCUT2D eigenvalue weighted by molar-refractivity contribution is 7.98. The van der Waals surface area contributed by atoms with Gasteiger partial charge in [-0.05, 0) is 62.5 Å². The summed E-state index contributed by atoms with van der Waals surface area (Å²) in [6.07, 6.45) is 1.27. The van der Waals surface area contributed by atoms with Crippen molar-refractivity contribution in [3.05, 3.63) is 95.0 Å². The molecule has 0 N–H and O–H groups in total. The summed E-state index contributed by atoms with van der Waals surface area (Å²) in [5.74, 6) is 0.975. The maximum Gasteiger partial charge on any atom is 0.231 e. The standard InChI is InChI=1S/C26H29ClN2OS/c1-28(2)17-8-18-29(26(30)19-21-13-15-23(27)16-14-21)24-11-6-7-12-25(24)31-20-22-9-4-3-5-10-22/h3-7,9-16H,8,17-20H2,1-2H3. The fraction of sp³-hybridized carbons (Fsp3) is 0.269. The number of hydrogen-bond acceptors (Lipinski definition) is 3. The molecule has 5 heteroatoms. The van der Waals surface area contributed by atoms with Gasteiger partial charge in [0.1, 0.15) is 0 Å². The van der Waals surface area contributed by atoms with Crippen molar-refractivity contribution in [2.75, 3.05) is 32.1 Å². The SMILES string of the molecule is CN(C)CCCN(C(=O)Cc1ccc(Cl)cc1)c1ccccc1SCc1ccccc1. The Morgan fingerprint density at radius 3 is 2.23 bits per heavy atom. The van der Waals surface area contributed by atoms with Crippen LogP contribution in [0.4, 0.5) is 5.69 Å². The van der Waals surface area contributed by atoms with Crippen molar-refractivity contribution in [2.45, 2.75) is 23.5 Å². The van der Waals surface area contributed by atoms with Gasteiger partial charge < -0.3 is 9.80 Å². The minimum Gasteiger partial charge on any atom is -0.311 e. The number of para-hydroxylation sites is 1. The van der Waals surface area contributed by atoms with Crippen molar-refractivity contribution in [2.24, 2.45) is 0 Å². The zero-order valence-corrected chi connectivity index (χ0v) is 19.7. The van der Waals surface area contributed by atoms with Gasteiger partial charge in [-0.25, -0.2) is 0 Å². The number of benzene rings is 3. The van der Waals surface area contributed by atoms with E-state index in [-0.39, 0.29) is 5.91 Å². The number of carbonyl (C=O) groups is 1. The quantitative estimate of drug-likeness (QED) is 0.344. The van der Waals surface area contributed by atoms with E-state index in [9.17, 15) is 4.79 Å². The third kappa shape index (κ3) is 7.42. The first-order valence-corrected chi connectivity index (χ1v) is 11.8. The second-order valence-corrected chi connectivity index (χ2v) is 9.20. The van der Waals surface area contributed by atoms with Gasteiger partial charge in [-0.2, -0.15) is 0 Å². The molecular formula is C26H29ClN2OS. The van der Waals surface area contributed by atoms with Crippen LogP contribution in [0.2, 0.25) is 5.02 Å². The molecule has 0 radical (unpaired) electrons. The van der Waals surface area contributed by atoms with Gasteiger partial charge in [-0.15, -0.1) is 11.8 Å². The van der Waals surface area contributed by atoms with Crippen LogP contribution in [0.5, 0.6) is 0 Å². The molecule has 0 aliphatic rings. The lowest BCUT2D eigenvalue weighted by molar-refractivity contribution is -0.118. The molecule has 0 atom stereocenters. The molecule has 0 spiro atoms. The molecule has 31 heavy (non-hydrogen) atoms. The molecule has 0 aliphatic carbocycles. The van der Waals surface area contributed by atoms with Crippen molar-refractivity contribution < 1.29 is 4.79 Å². The van der Waals surface area contributed by atoms with Crippen molar-refractivity contribution >= 4 is 35.0 Å². The molecule has 0 bridgehead atoms. The average molecular weight is 453 g/mol. The fourth-order valence-electron chi connectivity index (χ4n) is 3.33. The lowest BCUT2D eigenvalue weighted by atomic mass is 10.1. The number of thioether (sulfide) groups is 1. The molecule has 0 saturated heterocycles. The minimum atomic E-state index is 0.105. The van der Waals surface area contributed by atoms with Gasteiger partial charge >= 0.3 is 0 Å². The van der Waals surface area contributed by atoms with Gasteiger partial charge in [0.05, 0.1) is 12.1 Å². The maximum absolute atomic E-state index is 13.4. The van der Waals surface area contributed by atoms with Crippen LogP contribution < -0.4 is 4.90 Å². The summed E-state index contributed by atoms with van der Waals surface area (Å²) in [6.45, 7) is 1.62. The smallest absolute Gasteiger partial charge is 0.231 e. The van der Waals surface area contributed by atoms with E-state index in [1.54, 1.807) is 11.8 Å². The van der Waals surface area contributed by atoms with Crippen molar-refractivity contribution in [1.82, 2.24) is 4.90 Å². The Morgan fingerprint density at radius 1 is 0.839 bits per heavy atom. The Hall–Kier alpha value is -2.27. The van der Waals surface area contributed by atoms with Crippen molar-refractivity contribution in [3.63, 3.8) is 0 Å². The summed E-state index contributed by atoms with van der Waals surface area (Å²) in [5, 5.41) is 0.682. The van der Waals surface area contributed by atoms with Crippen LogP contribution in [0, 0.1) is 0 Å². The summed E-state index contributed by atoms with van der Waals surface area (Å²) in [4.78, 5) is 18.6. The highest BCUT2D eigenvalue weighted by Crippen LogP contribution is 2.33. The minimum absolute atomic E-state index is 0.105. The van der Waals surface area contributed by atoms with Crippen LogP contribution in [0.15, 0.2) is 83.8 Å². The van der Waals surface area contributed by atoms with Gasteiger partial charge in [-0.1, -0.05) is 66.2 Å². The summed E-state index contributed by atoms with van der Waals surface area (Å²) >= 11 is 7.78. The molecule has 3 aromatic carbocycles. The zero-order chi connectivity index (χ0) is 22.1. The van der Waals surface area contributed by atoms with Gasteiger partial charge in [0.25, 0.3) is 0 Å². The van der Waals surface area contributed by atoms with E-state index in [1.165, 1.54) is 5.56 Å². The van der Waals surface area contributed by atoms with Crippen LogP contribution in [-0.2, 0) is 17.0 Å². The molecule has 1 amide bonds. The van der Waals surface area contributed by atoms with Crippen LogP contribution in [0.25, 0.3) is 0 Å². The summed E-state index contributed by atoms with van der Waals surface area (Å²) in [7, 11) is 4.12. The van der Waals surface area contributed by atoms with E-state index < -0.39 is 0 Å². The molecular weight excluding hydrogens is 424 g/mol. The third-order valence-electron chi connectivity index (χ3n) is 4.95. The lowest BCUT2D eigenvalue weighted by Crippen LogP contribution is -2.35. The first-order valence-electron chi connectivity index (χ1n) is 10.5. The molecule has 0 saturated carbocycles. The highest BCUT2D eigenvalue weighted by Gasteiger charge is 2.19. The zero-order valence-electron chi connectivity index (χ0n) is 18.1. The topological polar surface area (TPSA) is 23.6 Å². The molecule has 0 aromatic heterocycles. The molecule has 0 unspecified atom stereocenters. The Balaban J connectivity index is 1.80. The Bertz CT molecular complexity index is 961. The number of hydrogen-bond donors (Lipinski definition) is 0. The third-order valence-corrected chi connectivity index (χ3v) is 6.34. The molecule has 162 valence electrons. The largest absolute Gasteiger partial charge is 0.311 e. The van der Waals surface area contributed by atoms with E-state index in [4.69, 9.17) is 11.6 Å². The second kappa shape index (κ2) is 11.9.